The number of alkyl halides is 3. The number of imidazole rings is 2. The van der Waals surface area contributed by atoms with E-state index < -0.39 is 47.1 Å². The predicted molar refractivity (Wildman–Crippen MR) is 219 cm³/mol. The number of fused-ring (bicyclic) bond motifs is 2. The highest BCUT2D eigenvalue weighted by Gasteiger charge is 2.40. The molecule has 4 saturated heterocycles. The number of H-pyrrole nitrogens is 2. The van der Waals surface area contributed by atoms with Crippen molar-refractivity contribution < 1.29 is 30.7 Å². The molecular weight excluding hydrogens is 811 g/mol. The lowest BCUT2D eigenvalue weighted by atomic mass is 10.0. The SMILES string of the molecule is Cl.Fc1cc2nc([C@@H]3CCCN3)[nH]c2cc1[C@H]1CC[C@H](c2cc3[nH]c([C@@H]4CCCN4)nc3cc2F)N1c1cc(F)c(N2CCN(c3ccc(C(F)(F)F)cc3)CC2)c(F)c1. The van der Waals surface area contributed by atoms with E-state index in [1.807, 2.05) is 4.90 Å². The lowest BCUT2D eigenvalue weighted by molar-refractivity contribution is -0.137. The Morgan fingerprint density at radius 1 is 0.567 bits per heavy atom. The van der Waals surface area contributed by atoms with Gasteiger partial charge in [0, 0.05) is 60.8 Å². The third kappa shape index (κ3) is 7.29. The zero-order valence-corrected chi connectivity index (χ0v) is 33.2. The summed E-state index contributed by atoms with van der Waals surface area (Å²) in [7, 11) is 0. The molecule has 17 heteroatoms. The highest BCUT2D eigenvalue weighted by Crippen LogP contribution is 2.50. The van der Waals surface area contributed by atoms with E-state index in [2.05, 4.69) is 30.6 Å². The molecule has 4 fully saturated rings. The first-order chi connectivity index (χ1) is 28.5. The summed E-state index contributed by atoms with van der Waals surface area (Å²) in [6, 6.07) is 12.1. The first kappa shape index (κ1) is 40.4. The molecular formula is C43H43ClF7N9. The number of halogens is 8. The van der Waals surface area contributed by atoms with Crippen molar-refractivity contribution in [2.24, 2.45) is 0 Å². The van der Waals surface area contributed by atoms with Crippen molar-refractivity contribution in [3.05, 3.63) is 112 Å². The average molecular weight is 854 g/mol. The minimum Gasteiger partial charge on any atom is -0.368 e. The van der Waals surface area contributed by atoms with Gasteiger partial charge in [-0.3, -0.25) is 0 Å². The van der Waals surface area contributed by atoms with Gasteiger partial charge in [0.15, 0.2) is 11.6 Å². The van der Waals surface area contributed by atoms with E-state index in [-0.39, 0.29) is 49.0 Å². The zero-order valence-electron chi connectivity index (χ0n) is 32.4. The molecule has 6 heterocycles. The summed E-state index contributed by atoms with van der Waals surface area (Å²) < 4.78 is 105. The Morgan fingerprint density at radius 2 is 1.05 bits per heavy atom. The van der Waals surface area contributed by atoms with Crippen LogP contribution in [0.15, 0.2) is 60.7 Å². The van der Waals surface area contributed by atoms with Crippen LogP contribution in [0.25, 0.3) is 22.1 Å². The number of nitrogens with one attached hydrogen (secondary N) is 4. The van der Waals surface area contributed by atoms with Gasteiger partial charge in [0.1, 0.15) is 29.0 Å². The number of hydrogen-bond donors (Lipinski definition) is 4. The van der Waals surface area contributed by atoms with Crippen molar-refractivity contribution >= 4 is 51.5 Å². The van der Waals surface area contributed by atoms with E-state index in [0.717, 1.165) is 62.6 Å². The van der Waals surface area contributed by atoms with Crippen molar-refractivity contribution in [1.29, 1.82) is 0 Å². The summed E-state index contributed by atoms with van der Waals surface area (Å²) in [6.07, 6.45) is 0.0953. The lowest BCUT2D eigenvalue weighted by Crippen LogP contribution is -2.47. The first-order valence-corrected chi connectivity index (χ1v) is 20.3. The molecule has 4 aromatic carbocycles. The van der Waals surface area contributed by atoms with Crippen LogP contribution in [-0.2, 0) is 6.18 Å². The Hall–Kier alpha value is -5.06. The fourth-order valence-electron chi connectivity index (χ4n) is 9.65. The molecule has 0 radical (unpaired) electrons. The first-order valence-electron chi connectivity index (χ1n) is 20.3. The van der Waals surface area contributed by atoms with Gasteiger partial charge in [-0.15, -0.1) is 12.4 Å². The van der Waals surface area contributed by atoms with Crippen molar-refractivity contribution in [3.63, 3.8) is 0 Å². The van der Waals surface area contributed by atoms with Gasteiger partial charge in [-0.25, -0.2) is 27.5 Å². The van der Waals surface area contributed by atoms with Gasteiger partial charge >= 0.3 is 6.18 Å². The van der Waals surface area contributed by atoms with Gasteiger partial charge in [0.05, 0.1) is 51.8 Å². The van der Waals surface area contributed by atoms with Crippen molar-refractivity contribution in [1.82, 2.24) is 30.6 Å². The normalized spacial score (nSPS) is 22.4. The molecule has 316 valence electrons. The fourth-order valence-corrected chi connectivity index (χ4v) is 9.65. The molecule has 0 unspecified atom stereocenters. The molecule has 9 nitrogen and oxygen atoms in total. The Morgan fingerprint density at radius 3 is 1.50 bits per heavy atom. The summed E-state index contributed by atoms with van der Waals surface area (Å²) in [5, 5.41) is 6.82. The number of aromatic amines is 2. The molecule has 4 N–H and O–H groups in total. The largest absolute Gasteiger partial charge is 0.416 e. The molecule has 0 saturated carbocycles. The highest BCUT2D eigenvalue weighted by atomic mass is 35.5. The second-order valence-corrected chi connectivity index (χ2v) is 16.1. The van der Waals surface area contributed by atoms with Crippen molar-refractivity contribution in [2.75, 3.05) is 54.0 Å². The number of piperazine rings is 1. The minimum absolute atomic E-state index is 0. The second-order valence-electron chi connectivity index (χ2n) is 16.1. The molecule has 0 spiro atoms. The molecule has 0 amide bonds. The standard InChI is InChI=1S/C43H42F7N9.ClH/c44-28-21-36-34(53-41(55-36)32-3-1-11-51-32)19-26(28)38-9-10-39(27-20-35-37(22-29(27)45)56-42(54-35)33-4-2-12-52-33)59(38)25-17-30(46)40(31(47)18-25)58-15-13-57(14-16-58)24-7-5-23(6-8-24)43(48,49)50;/h5-8,17-22,32-33,38-39,51-52H,1-4,9-16H2,(H,53,55)(H,54,56);1H/t32-,33-,38+,39+;/m0./s1. The average Bonchev–Trinajstić information content (AvgIpc) is 4.07. The van der Waals surface area contributed by atoms with Gasteiger partial charge < -0.3 is 35.3 Å². The van der Waals surface area contributed by atoms with Crippen molar-refractivity contribution in [2.45, 2.75) is 68.9 Å². The van der Waals surface area contributed by atoms with Crippen LogP contribution >= 0.6 is 12.4 Å². The molecule has 4 aliphatic rings. The topological polar surface area (TPSA) is 91.1 Å². The minimum atomic E-state index is -4.45. The van der Waals surface area contributed by atoms with Crippen LogP contribution < -0.4 is 25.3 Å². The summed E-state index contributed by atoms with van der Waals surface area (Å²) >= 11 is 0. The maximum absolute atomic E-state index is 16.4. The summed E-state index contributed by atoms with van der Waals surface area (Å²) in [6.45, 7) is 2.80. The molecule has 0 bridgehead atoms. The van der Waals surface area contributed by atoms with Crippen molar-refractivity contribution in [3.8, 4) is 0 Å². The third-order valence-corrected chi connectivity index (χ3v) is 12.6. The summed E-state index contributed by atoms with van der Waals surface area (Å²) in [5.74, 6) is -1.26. The highest BCUT2D eigenvalue weighted by molar-refractivity contribution is 5.85. The fraction of sp³-hybridized carbons (Fsp3) is 0.395. The predicted octanol–water partition coefficient (Wildman–Crippen LogP) is 9.69. The summed E-state index contributed by atoms with van der Waals surface area (Å²) in [5.41, 5.74) is 2.55. The zero-order chi connectivity index (χ0) is 40.6. The van der Waals surface area contributed by atoms with Crippen LogP contribution in [0, 0.1) is 23.3 Å². The molecule has 60 heavy (non-hydrogen) atoms. The maximum Gasteiger partial charge on any atom is 0.416 e. The maximum atomic E-state index is 16.4. The quantitative estimate of drug-likeness (QED) is 0.119. The number of aromatic nitrogens is 4. The number of rotatable bonds is 7. The van der Waals surface area contributed by atoms with Gasteiger partial charge in [0.25, 0.3) is 0 Å². The van der Waals surface area contributed by atoms with E-state index in [9.17, 15) is 13.2 Å². The number of benzene rings is 4. The van der Waals surface area contributed by atoms with Crippen LogP contribution in [0.5, 0.6) is 0 Å². The van der Waals surface area contributed by atoms with E-state index in [1.165, 1.54) is 36.4 Å². The second kappa shape index (κ2) is 15.8. The van der Waals surface area contributed by atoms with Crippen LogP contribution in [0.2, 0.25) is 0 Å². The van der Waals surface area contributed by atoms with Crippen LogP contribution in [0.3, 0.4) is 0 Å². The van der Waals surface area contributed by atoms with E-state index in [4.69, 9.17) is 0 Å². The Balaban J connectivity index is 0.00000462. The van der Waals surface area contributed by atoms with Gasteiger partial charge in [0.2, 0.25) is 0 Å². The number of anilines is 3. The molecule has 2 aromatic heterocycles. The monoisotopic (exact) mass is 853 g/mol. The molecule has 0 aliphatic carbocycles. The Kier molecular flexibility index (Phi) is 10.6. The lowest BCUT2D eigenvalue weighted by Gasteiger charge is -2.38. The third-order valence-electron chi connectivity index (χ3n) is 12.6. The molecule has 4 atom stereocenters. The van der Waals surface area contributed by atoms with Gasteiger partial charge in [-0.2, -0.15) is 13.2 Å². The van der Waals surface area contributed by atoms with Gasteiger partial charge in [-0.1, -0.05) is 0 Å². The van der Waals surface area contributed by atoms with Crippen LogP contribution in [0.1, 0.15) is 91.0 Å². The van der Waals surface area contributed by atoms with Gasteiger partial charge in [-0.05, 0) is 100 Å². The summed E-state index contributed by atoms with van der Waals surface area (Å²) in [4.78, 5) is 21.2. The molecule has 10 rings (SSSR count). The molecule has 4 aliphatic heterocycles. The van der Waals surface area contributed by atoms with E-state index in [0.29, 0.717) is 64.8 Å². The van der Waals surface area contributed by atoms with Crippen LogP contribution in [-0.4, -0.2) is 59.2 Å². The van der Waals surface area contributed by atoms with Crippen LogP contribution in [0.4, 0.5) is 47.8 Å². The Labute approximate surface area is 347 Å². The number of hydrogen-bond acceptors (Lipinski definition) is 7. The van der Waals surface area contributed by atoms with E-state index in [1.54, 1.807) is 21.9 Å². The smallest absolute Gasteiger partial charge is 0.368 e. The van der Waals surface area contributed by atoms with E-state index >= 15 is 17.6 Å². The Bertz CT molecular complexity index is 2390. The number of nitrogens with zero attached hydrogens (tertiary/aromatic N) is 5. The molecule has 6 aromatic rings.